The number of phenolic OH excluding ortho intramolecular Hbond substituents is 1. The number of rotatable bonds is 2. The number of hydrogen-bond donors (Lipinski definition) is 2. The molecular formula is C7H7NaO5S. The molecule has 0 saturated heterocycles. The maximum absolute atomic E-state index is 10.9. The van der Waals surface area contributed by atoms with E-state index < -0.39 is 17.3 Å². The molecule has 0 aliphatic heterocycles. The first kappa shape index (κ1) is 13.6. The van der Waals surface area contributed by atoms with Crippen LogP contribution in [0, 0.1) is 0 Å². The second-order valence-electron chi connectivity index (χ2n) is 2.13. The largest absolute Gasteiger partial charge is 1.00 e. The molecule has 0 aliphatic carbocycles. The van der Waals surface area contributed by atoms with Crippen LogP contribution in [-0.4, -0.2) is 19.8 Å². The van der Waals surface area contributed by atoms with Gasteiger partial charge in [0.05, 0.1) is 5.56 Å². The molecule has 1 aromatic rings. The van der Waals surface area contributed by atoms with Gasteiger partial charge < -0.3 is 10.7 Å². The summed E-state index contributed by atoms with van der Waals surface area (Å²) in [6, 6.07) is 5.11. The van der Waals surface area contributed by atoms with Crippen LogP contribution >= 0.6 is 0 Å². The fourth-order valence-electron chi connectivity index (χ4n) is 0.710. The SMILES string of the molecule is O=C(OS(=O)O)c1ccc(O)cc1.[H-].[Na+]. The number of carbonyl (C=O) groups excluding carboxylic acids is 1. The molecule has 2 N–H and O–H groups in total. The van der Waals surface area contributed by atoms with E-state index in [4.69, 9.17) is 9.66 Å². The number of benzene rings is 1. The van der Waals surface area contributed by atoms with Crippen LogP contribution in [0.5, 0.6) is 5.75 Å². The molecule has 1 unspecified atom stereocenters. The van der Waals surface area contributed by atoms with Crippen molar-refractivity contribution in [3.05, 3.63) is 29.8 Å². The van der Waals surface area contributed by atoms with Crippen LogP contribution in [0.15, 0.2) is 24.3 Å². The average Bonchev–Trinajstić information content (AvgIpc) is 2.04. The third-order valence-electron chi connectivity index (χ3n) is 1.25. The summed E-state index contributed by atoms with van der Waals surface area (Å²) in [5.41, 5.74) is 0.0974. The molecule has 72 valence electrons. The van der Waals surface area contributed by atoms with Crippen LogP contribution in [0.2, 0.25) is 0 Å². The monoisotopic (exact) mass is 226 g/mol. The molecule has 1 aromatic carbocycles. The molecule has 0 fully saturated rings. The van der Waals surface area contributed by atoms with Crippen molar-refractivity contribution < 1.29 is 53.8 Å². The summed E-state index contributed by atoms with van der Waals surface area (Å²) in [4.78, 5) is 10.9. The number of phenols is 1. The Morgan fingerprint density at radius 1 is 1.36 bits per heavy atom. The van der Waals surface area contributed by atoms with E-state index in [-0.39, 0.29) is 42.3 Å². The maximum Gasteiger partial charge on any atom is 1.00 e. The molecule has 0 heterocycles. The molecule has 0 saturated carbocycles. The Balaban J connectivity index is 0. The summed E-state index contributed by atoms with van der Waals surface area (Å²) in [6.45, 7) is 0. The Labute approximate surface area is 106 Å². The van der Waals surface area contributed by atoms with Crippen LogP contribution in [0.4, 0.5) is 0 Å². The van der Waals surface area contributed by atoms with Crippen LogP contribution < -0.4 is 29.6 Å². The Morgan fingerprint density at radius 2 is 1.86 bits per heavy atom. The fourth-order valence-corrected chi connectivity index (χ4v) is 0.936. The minimum absolute atomic E-state index is 0. The molecule has 5 nitrogen and oxygen atoms in total. The summed E-state index contributed by atoms with van der Waals surface area (Å²) in [5.74, 6) is -0.914. The van der Waals surface area contributed by atoms with E-state index in [2.05, 4.69) is 4.18 Å². The van der Waals surface area contributed by atoms with E-state index in [1.165, 1.54) is 24.3 Å². The maximum atomic E-state index is 10.9. The van der Waals surface area contributed by atoms with Gasteiger partial charge in [-0.05, 0) is 24.3 Å². The third kappa shape index (κ3) is 4.21. The minimum Gasteiger partial charge on any atom is -1.00 e. The van der Waals surface area contributed by atoms with Crippen molar-refractivity contribution in [1.82, 2.24) is 0 Å². The normalized spacial score (nSPS) is 11.2. The first-order chi connectivity index (χ1) is 6.09. The van der Waals surface area contributed by atoms with Crippen molar-refractivity contribution in [1.29, 1.82) is 0 Å². The van der Waals surface area contributed by atoms with Gasteiger partial charge in [-0.15, -0.1) is 0 Å². The number of carbonyl (C=O) groups is 1. The van der Waals surface area contributed by atoms with Crippen molar-refractivity contribution in [2.75, 3.05) is 0 Å². The zero-order valence-corrected chi connectivity index (χ0v) is 10.2. The summed E-state index contributed by atoms with van der Waals surface area (Å²) in [5, 5.41) is 8.86. The number of aromatic hydroxyl groups is 1. The molecule has 0 aliphatic rings. The standard InChI is InChI=1S/C7H6O5S.Na.H/c8-6-3-1-5(2-4-6)7(9)12-13(10)11;;/h1-4,8H,(H,10,11);;/q;+1;-1. The second-order valence-corrected chi connectivity index (χ2v) is 2.74. The average molecular weight is 226 g/mol. The first-order valence-electron chi connectivity index (χ1n) is 3.22. The van der Waals surface area contributed by atoms with Gasteiger partial charge in [-0.25, -0.2) is 4.79 Å². The van der Waals surface area contributed by atoms with Crippen molar-refractivity contribution in [3.8, 4) is 5.75 Å². The predicted octanol–water partition coefficient (Wildman–Crippen LogP) is -2.20. The van der Waals surface area contributed by atoms with Gasteiger partial charge in [0.15, 0.2) is 0 Å². The fraction of sp³-hybridized carbons (Fsp3) is 0. The molecule has 0 aromatic heterocycles. The van der Waals surface area contributed by atoms with Gasteiger partial charge in [0.25, 0.3) is 0 Å². The van der Waals surface area contributed by atoms with Gasteiger partial charge in [-0.2, -0.15) is 4.21 Å². The Bertz CT molecular complexity index is 342. The molecule has 1 rings (SSSR count). The van der Waals surface area contributed by atoms with Gasteiger partial charge in [0.1, 0.15) is 5.75 Å². The van der Waals surface area contributed by atoms with E-state index in [1.807, 2.05) is 0 Å². The van der Waals surface area contributed by atoms with Gasteiger partial charge in [-0.1, -0.05) is 0 Å². The summed E-state index contributed by atoms with van der Waals surface area (Å²) in [7, 11) is 0. The van der Waals surface area contributed by atoms with E-state index in [9.17, 15) is 9.00 Å². The molecular weight excluding hydrogens is 219 g/mol. The van der Waals surface area contributed by atoms with E-state index in [0.29, 0.717) is 0 Å². The molecule has 0 bridgehead atoms. The van der Waals surface area contributed by atoms with E-state index >= 15 is 0 Å². The second kappa shape index (κ2) is 6.15. The van der Waals surface area contributed by atoms with Gasteiger partial charge >= 0.3 is 46.9 Å². The molecule has 7 heteroatoms. The van der Waals surface area contributed by atoms with Crippen LogP contribution in [-0.2, 0) is 15.5 Å². The van der Waals surface area contributed by atoms with Gasteiger partial charge in [0.2, 0.25) is 0 Å². The first-order valence-corrected chi connectivity index (χ1v) is 4.25. The zero-order valence-electron chi connectivity index (χ0n) is 8.34. The van der Waals surface area contributed by atoms with Crippen molar-refractivity contribution in [3.63, 3.8) is 0 Å². The van der Waals surface area contributed by atoms with Crippen LogP contribution in [0.3, 0.4) is 0 Å². The Morgan fingerprint density at radius 3 is 2.29 bits per heavy atom. The van der Waals surface area contributed by atoms with E-state index in [1.54, 1.807) is 0 Å². The number of hydrogen-bond acceptors (Lipinski definition) is 4. The van der Waals surface area contributed by atoms with Crippen molar-refractivity contribution in [2.45, 2.75) is 0 Å². The molecule has 0 radical (unpaired) electrons. The Hall–Kier alpha value is -0.400. The molecule has 0 spiro atoms. The predicted molar refractivity (Wildman–Crippen MR) is 45.4 cm³/mol. The van der Waals surface area contributed by atoms with Gasteiger partial charge in [0, 0.05) is 0 Å². The Kier molecular flexibility index (Phi) is 5.98. The molecule has 0 amide bonds. The topological polar surface area (TPSA) is 83.8 Å². The smallest absolute Gasteiger partial charge is 1.00 e. The summed E-state index contributed by atoms with van der Waals surface area (Å²) >= 11 is -2.61. The summed E-state index contributed by atoms with van der Waals surface area (Å²) in [6.07, 6.45) is 0. The van der Waals surface area contributed by atoms with Crippen molar-refractivity contribution in [2.24, 2.45) is 0 Å². The molecule has 14 heavy (non-hydrogen) atoms. The van der Waals surface area contributed by atoms with Crippen molar-refractivity contribution >= 4 is 17.3 Å². The zero-order chi connectivity index (χ0) is 9.84. The molecule has 1 atom stereocenters. The minimum atomic E-state index is -2.61. The van der Waals surface area contributed by atoms with Gasteiger partial charge in [-0.3, -0.25) is 4.55 Å². The van der Waals surface area contributed by atoms with Crippen LogP contribution in [0.25, 0.3) is 0 Å². The van der Waals surface area contributed by atoms with E-state index in [0.717, 1.165) is 0 Å². The quantitative estimate of drug-likeness (QED) is 0.442. The summed E-state index contributed by atoms with van der Waals surface area (Å²) < 4.78 is 22.3. The van der Waals surface area contributed by atoms with Crippen LogP contribution in [0.1, 0.15) is 11.8 Å². The third-order valence-corrected chi connectivity index (χ3v) is 1.54.